The van der Waals surface area contributed by atoms with E-state index in [9.17, 15) is 18.3 Å². The predicted molar refractivity (Wildman–Crippen MR) is 78.8 cm³/mol. The summed E-state index contributed by atoms with van der Waals surface area (Å²) in [5.74, 6) is -0.152. The molecule has 0 saturated carbocycles. The maximum atomic E-state index is 12.0. The number of nitrogens with two attached hydrogens (primary N) is 1. The van der Waals surface area contributed by atoms with Crippen LogP contribution in [-0.4, -0.2) is 38.1 Å². The van der Waals surface area contributed by atoms with Gasteiger partial charge in [-0.15, -0.1) is 0 Å². The Labute approximate surface area is 124 Å². The molecule has 0 spiro atoms. The predicted octanol–water partition coefficient (Wildman–Crippen LogP) is -0.691. The summed E-state index contributed by atoms with van der Waals surface area (Å²) >= 11 is 0. The molecular formula is C13H21N3O4S. The highest BCUT2D eigenvalue weighted by Gasteiger charge is 2.17. The molecule has 0 saturated heterocycles. The van der Waals surface area contributed by atoms with Gasteiger partial charge in [-0.05, 0) is 24.6 Å². The van der Waals surface area contributed by atoms with Gasteiger partial charge >= 0.3 is 0 Å². The first kappa shape index (κ1) is 17.6. The quantitative estimate of drug-likeness (QED) is 0.530. The zero-order valence-electron chi connectivity index (χ0n) is 12.0. The molecule has 2 unspecified atom stereocenters. The van der Waals surface area contributed by atoms with Crippen LogP contribution in [0.2, 0.25) is 0 Å². The van der Waals surface area contributed by atoms with Crippen LogP contribution >= 0.6 is 0 Å². The fraction of sp³-hybridized carbons (Fsp3) is 0.462. The molecule has 1 rings (SSSR count). The third-order valence-corrected chi connectivity index (χ3v) is 4.34. The number of hydrogen-bond donors (Lipinski definition) is 4. The fourth-order valence-corrected chi connectivity index (χ4v) is 2.55. The number of nitrogens with one attached hydrogen (secondary N) is 2. The van der Waals surface area contributed by atoms with E-state index in [0.29, 0.717) is 6.54 Å². The minimum Gasteiger partial charge on any atom is -0.392 e. The second-order valence-corrected chi connectivity index (χ2v) is 6.58. The number of benzene rings is 1. The van der Waals surface area contributed by atoms with Crippen molar-refractivity contribution in [1.29, 1.82) is 0 Å². The normalized spacial score (nSPS) is 14.5. The maximum absolute atomic E-state index is 12.0. The average Bonchev–Trinajstić information content (AvgIpc) is 2.43. The van der Waals surface area contributed by atoms with Gasteiger partial charge in [-0.2, -0.15) is 0 Å². The summed E-state index contributed by atoms with van der Waals surface area (Å²) in [7, 11) is -3.67. The summed E-state index contributed by atoms with van der Waals surface area (Å²) in [5, 5.41) is 11.9. The molecule has 5 N–H and O–H groups in total. The zero-order valence-corrected chi connectivity index (χ0v) is 12.9. The minimum absolute atomic E-state index is 0.0480. The molecular weight excluding hydrogens is 294 g/mol. The maximum Gasteiger partial charge on any atom is 0.240 e. The molecule has 0 aliphatic carbocycles. The summed E-state index contributed by atoms with van der Waals surface area (Å²) in [6, 6.07) is 5.48. The van der Waals surface area contributed by atoms with E-state index in [2.05, 4.69) is 10.0 Å². The number of carbonyl (C=O) groups is 1. The van der Waals surface area contributed by atoms with Crippen LogP contribution in [0.15, 0.2) is 29.2 Å². The van der Waals surface area contributed by atoms with Crippen LogP contribution in [0, 0.1) is 0 Å². The van der Waals surface area contributed by atoms with Crippen LogP contribution in [0.5, 0.6) is 0 Å². The fourth-order valence-electron chi connectivity index (χ4n) is 1.47. The van der Waals surface area contributed by atoms with E-state index in [0.717, 1.165) is 5.56 Å². The number of sulfonamides is 1. The molecule has 118 valence electrons. The van der Waals surface area contributed by atoms with E-state index < -0.39 is 22.2 Å². The lowest BCUT2D eigenvalue weighted by Gasteiger charge is -2.15. The van der Waals surface area contributed by atoms with Crippen LogP contribution in [0.3, 0.4) is 0 Å². The molecule has 1 amide bonds. The van der Waals surface area contributed by atoms with Crippen molar-refractivity contribution in [3.8, 4) is 0 Å². The van der Waals surface area contributed by atoms with Crippen molar-refractivity contribution in [1.82, 2.24) is 10.0 Å². The van der Waals surface area contributed by atoms with E-state index in [-0.39, 0.29) is 17.3 Å². The summed E-state index contributed by atoms with van der Waals surface area (Å²) < 4.78 is 26.4. The molecule has 7 nitrogen and oxygen atoms in total. The molecule has 0 aliphatic rings. The Morgan fingerprint density at radius 2 is 1.90 bits per heavy atom. The van der Waals surface area contributed by atoms with Gasteiger partial charge in [0.2, 0.25) is 15.9 Å². The number of carbonyl (C=O) groups excluding carboxylic acids is 1. The van der Waals surface area contributed by atoms with Crippen LogP contribution < -0.4 is 15.8 Å². The van der Waals surface area contributed by atoms with Crippen LogP contribution in [0.25, 0.3) is 0 Å². The van der Waals surface area contributed by atoms with Crippen LogP contribution in [-0.2, 0) is 21.4 Å². The minimum atomic E-state index is -3.67. The van der Waals surface area contributed by atoms with Crippen molar-refractivity contribution < 1.29 is 18.3 Å². The van der Waals surface area contributed by atoms with E-state index in [4.69, 9.17) is 5.73 Å². The molecule has 8 heteroatoms. The number of amides is 1. The Bertz CT molecular complexity index is 570. The third-order valence-electron chi connectivity index (χ3n) is 2.90. The largest absolute Gasteiger partial charge is 0.392 e. The van der Waals surface area contributed by atoms with Crippen molar-refractivity contribution in [2.75, 3.05) is 6.54 Å². The summed E-state index contributed by atoms with van der Waals surface area (Å²) in [4.78, 5) is 10.9. The van der Waals surface area contributed by atoms with Crippen LogP contribution in [0.1, 0.15) is 19.4 Å². The second-order valence-electron chi connectivity index (χ2n) is 4.81. The molecule has 0 bridgehead atoms. The lowest BCUT2D eigenvalue weighted by molar-refractivity contribution is -0.119. The summed E-state index contributed by atoms with van der Waals surface area (Å²) in [6.07, 6.45) is -0.798. The Balaban J connectivity index is 2.69. The van der Waals surface area contributed by atoms with Crippen molar-refractivity contribution in [2.45, 2.75) is 37.4 Å². The van der Waals surface area contributed by atoms with Gasteiger partial charge in [0, 0.05) is 26.1 Å². The lowest BCUT2D eigenvalue weighted by Crippen LogP contribution is -2.43. The molecule has 0 aromatic heterocycles. The van der Waals surface area contributed by atoms with Gasteiger partial charge in [0.15, 0.2) is 0 Å². The first-order valence-electron chi connectivity index (χ1n) is 6.49. The Morgan fingerprint density at radius 1 is 1.33 bits per heavy atom. The lowest BCUT2D eigenvalue weighted by atomic mass is 10.2. The van der Waals surface area contributed by atoms with Crippen molar-refractivity contribution in [3.63, 3.8) is 0 Å². The average molecular weight is 315 g/mol. The van der Waals surface area contributed by atoms with Gasteiger partial charge in [0.1, 0.15) is 0 Å². The number of aliphatic hydroxyl groups excluding tert-OH is 1. The van der Waals surface area contributed by atoms with E-state index in [1.807, 2.05) is 0 Å². The molecule has 1 aromatic carbocycles. The van der Waals surface area contributed by atoms with Gasteiger partial charge in [-0.1, -0.05) is 12.1 Å². The number of hydrogen-bond acceptors (Lipinski definition) is 5. The monoisotopic (exact) mass is 315 g/mol. The van der Waals surface area contributed by atoms with Crippen molar-refractivity contribution in [2.24, 2.45) is 5.73 Å². The molecule has 0 heterocycles. The topological polar surface area (TPSA) is 122 Å². The highest BCUT2D eigenvalue weighted by atomic mass is 32.2. The third kappa shape index (κ3) is 5.80. The standard InChI is InChI=1S/C13H21N3O4S/c1-9(17)13(14)8-16-21(19,20)12-5-3-11(4-6-12)7-15-10(2)18/h3-6,9,13,16-17H,7-8,14H2,1-2H3,(H,15,18). The molecule has 0 aliphatic heterocycles. The second kappa shape index (κ2) is 7.51. The van der Waals surface area contributed by atoms with Crippen molar-refractivity contribution >= 4 is 15.9 Å². The Morgan fingerprint density at radius 3 is 2.38 bits per heavy atom. The SMILES string of the molecule is CC(=O)NCc1ccc(S(=O)(=O)NCC(N)C(C)O)cc1. The smallest absolute Gasteiger partial charge is 0.240 e. The van der Waals surface area contributed by atoms with E-state index >= 15 is 0 Å². The first-order valence-corrected chi connectivity index (χ1v) is 7.97. The highest BCUT2D eigenvalue weighted by molar-refractivity contribution is 7.89. The zero-order chi connectivity index (χ0) is 16.0. The molecule has 21 heavy (non-hydrogen) atoms. The van der Waals surface area contributed by atoms with Gasteiger partial charge < -0.3 is 16.2 Å². The van der Waals surface area contributed by atoms with Gasteiger partial charge in [0.05, 0.1) is 11.0 Å². The Kier molecular flexibility index (Phi) is 6.28. The molecule has 1 aromatic rings. The first-order chi connectivity index (χ1) is 9.72. The van der Waals surface area contributed by atoms with Crippen molar-refractivity contribution in [3.05, 3.63) is 29.8 Å². The summed E-state index contributed by atoms with van der Waals surface area (Å²) in [6.45, 7) is 3.20. The molecule has 2 atom stereocenters. The molecule has 0 fully saturated rings. The van der Waals surface area contributed by atoms with E-state index in [1.165, 1.54) is 26.0 Å². The van der Waals surface area contributed by atoms with Gasteiger partial charge in [0.25, 0.3) is 0 Å². The van der Waals surface area contributed by atoms with E-state index in [1.54, 1.807) is 12.1 Å². The summed E-state index contributed by atoms with van der Waals surface area (Å²) in [5.41, 5.74) is 6.37. The van der Waals surface area contributed by atoms with Gasteiger partial charge in [-0.25, -0.2) is 13.1 Å². The molecule has 0 radical (unpaired) electrons. The number of rotatable bonds is 7. The Hall–Kier alpha value is -1.48. The number of aliphatic hydroxyl groups is 1. The van der Waals surface area contributed by atoms with Crippen LogP contribution in [0.4, 0.5) is 0 Å². The highest BCUT2D eigenvalue weighted by Crippen LogP contribution is 2.10. The van der Waals surface area contributed by atoms with Gasteiger partial charge in [-0.3, -0.25) is 4.79 Å².